The number of carbonyl (C=O) groups excluding carboxylic acids is 6. The van der Waals surface area contributed by atoms with Gasteiger partial charge in [0.2, 0.25) is 23.6 Å². The van der Waals surface area contributed by atoms with E-state index in [1.807, 2.05) is 58.0 Å². The number of carbonyl (C=O) groups is 8. The molecule has 2 aromatic rings. The smallest absolute Gasteiger partial charge is 0.307 e. The molecular formula is C54H81N7O12. The number of likely N-dealkylation sites (tertiary alicyclic amines) is 2. The van der Waals surface area contributed by atoms with Crippen LogP contribution in [0.25, 0.3) is 0 Å². The van der Waals surface area contributed by atoms with Crippen LogP contribution in [-0.2, 0) is 67.3 Å². The van der Waals surface area contributed by atoms with E-state index in [9.17, 15) is 43.5 Å². The van der Waals surface area contributed by atoms with Crippen LogP contribution in [0.1, 0.15) is 130 Å². The maximum Gasteiger partial charge on any atom is 0.307 e. The number of piperidine rings is 1. The van der Waals surface area contributed by atoms with E-state index in [1.165, 1.54) is 21.1 Å². The molecular weight excluding hydrogens is 939 g/mol. The van der Waals surface area contributed by atoms with Crippen molar-refractivity contribution in [2.45, 2.75) is 174 Å². The summed E-state index contributed by atoms with van der Waals surface area (Å²) in [6, 6.07) is 7.57. The molecule has 3 aliphatic rings. The number of Topliss-reactive ketones (excluding diaryl/α,β-unsaturated/α-hetero) is 2. The Morgan fingerprint density at radius 2 is 1.59 bits per heavy atom. The standard InChI is InChI=1S/C54H81N7O12/c1-10-33(4)49(45(72-8)29-48(66)60-23-14-18-42(60)51(73-9)35(6)43(62)27-38(54(70)71)25-36-16-12-11-13-17-36)58(7)52(67)41(32(2)3)28-44(63)50-37-20-21-40(26-37)61(50)47(65)19-15-22-59-31-39(56-57-59)30-55-46(64)24-34(5)53(68)69/h11-13,16-17,31-35,37-38,40-42,45,49-51H,10,14-15,18-30H2,1-9H3,(H,55,64)(H,68,69)(H,70,71)/t33-,34?,35-,37-,38+,40+,41-,42-,45+,49-,50-,51+/m0/s1. The Morgan fingerprint density at radius 3 is 2.22 bits per heavy atom. The van der Waals surface area contributed by atoms with Crippen LogP contribution in [0.2, 0.25) is 0 Å². The number of aliphatic carboxylic acids is 2. The number of methoxy groups -OCH3 is 2. The second-order valence-corrected chi connectivity index (χ2v) is 21.3. The number of hydrogen-bond acceptors (Lipinski definition) is 12. The lowest BCUT2D eigenvalue weighted by Gasteiger charge is -2.41. The predicted octanol–water partition coefficient (Wildman–Crippen LogP) is 5.22. The van der Waals surface area contributed by atoms with Crippen molar-refractivity contribution in [3.63, 3.8) is 0 Å². The molecule has 73 heavy (non-hydrogen) atoms. The fraction of sp³-hybridized carbons (Fsp3) is 0.704. The quantitative estimate of drug-likeness (QED) is 0.0909. The number of amides is 4. The summed E-state index contributed by atoms with van der Waals surface area (Å²) in [5.74, 6) is -6.86. The van der Waals surface area contributed by atoms with E-state index < -0.39 is 71.9 Å². The summed E-state index contributed by atoms with van der Waals surface area (Å²) in [7, 11) is 4.76. The maximum atomic E-state index is 14.8. The summed E-state index contributed by atoms with van der Waals surface area (Å²) in [6.07, 6.45) is 5.06. The van der Waals surface area contributed by atoms with E-state index in [-0.39, 0.29) is 98.2 Å². The van der Waals surface area contributed by atoms with Crippen LogP contribution in [0.15, 0.2) is 36.5 Å². The molecule has 1 aromatic carbocycles. The molecule has 5 rings (SSSR count). The zero-order valence-electron chi connectivity index (χ0n) is 44.4. The largest absolute Gasteiger partial charge is 0.481 e. The van der Waals surface area contributed by atoms with E-state index in [1.54, 1.807) is 39.5 Å². The lowest BCUT2D eigenvalue weighted by Crippen LogP contribution is -2.54. The van der Waals surface area contributed by atoms with Crippen molar-refractivity contribution >= 4 is 47.1 Å². The molecule has 4 amide bonds. The first kappa shape index (κ1) is 58.3. The fourth-order valence-corrected chi connectivity index (χ4v) is 11.6. The van der Waals surface area contributed by atoms with Gasteiger partial charge in [-0.3, -0.25) is 43.0 Å². The van der Waals surface area contributed by atoms with Crippen molar-refractivity contribution in [1.29, 1.82) is 0 Å². The van der Waals surface area contributed by atoms with E-state index in [4.69, 9.17) is 14.6 Å². The third-order valence-electron chi connectivity index (χ3n) is 16.0. The summed E-state index contributed by atoms with van der Waals surface area (Å²) in [6.45, 7) is 12.0. The molecule has 2 aliphatic heterocycles. The molecule has 1 unspecified atom stereocenters. The Balaban J connectivity index is 1.21. The molecule has 1 aromatic heterocycles. The Bertz CT molecular complexity index is 2220. The van der Waals surface area contributed by atoms with Gasteiger partial charge in [-0.25, -0.2) is 0 Å². The molecule has 1 saturated carbocycles. The Morgan fingerprint density at radius 1 is 0.877 bits per heavy atom. The van der Waals surface area contributed by atoms with Gasteiger partial charge in [0.1, 0.15) is 11.5 Å². The zero-order valence-corrected chi connectivity index (χ0v) is 44.4. The molecule has 2 bridgehead atoms. The molecule has 0 spiro atoms. The topological polar surface area (TPSA) is 248 Å². The molecule has 12 atom stereocenters. The Kier molecular flexibility index (Phi) is 21.7. The minimum Gasteiger partial charge on any atom is -0.481 e. The maximum absolute atomic E-state index is 14.8. The van der Waals surface area contributed by atoms with E-state index in [2.05, 4.69) is 15.6 Å². The summed E-state index contributed by atoms with van der Waals surface area (Å²) in [5, 5.41) is 29.9. The van der Waals surface area contributed by atoms with Crippen LogP contribution in [0, 0.1) is 41.4 Å². The molecule has 1 aliphatic carbocycles. The third-order valence-corrected chi connectivity index (χ3v) is 16.0. The van der Waals surface area contributed by atoms with Gasteiger partial charge in [-0.2, -0.15) is 0 Å². The summed E-state index contributed by atoms with van der Waals surface area (Å²) < 4.78 is 13.6. The highest BCUT2D eigenvalue weighted by Gasteiger charge is 2.52. The van der Waals surface area contributed by atoms with Crippen molar-refractivity contribution in [3.05, 3.63) is 47.8 Å². The van der Waals surface area contributed by atoms with E-state index in [0.717, 1.165) is 24.8 Å². The first-order chi connectivity index (χ1) is 34.7. The van der Waals surface area contributed by atoms with Gasteiger partial charge >= 0.3 is 11.9 Å². The molecule has 3 heterocycles. The first-order valence-corrected chi connectivity index (χ1v) is 26.3. The molecule has 3 N–H and O–H groups in total. The Labute approximate surface area is 430 Å². The second kappa shape index (κ2) is 27.1. The monoisotopic (exact) mass is 1020 g/mol. The molecule has 19 heteroatoms. The van der Waals surface area contributed by atoms with Crippen LogP contribution in [-0.4, -0.2) is 151 Å². The number of aromatic nitrogens is 3. The molecule has 19 nitrogen and oxygen atoms in total. The highest BCUT2D eigenvalue weighted by molar-refractivity contribution is 5.94. The van der Waals surface area contributed by atoms with Gasteiger partial charge in [-0.1, -0.05) is 83.5 Å². The van der Waals surface area contributed by atoms with E-state index >= 15 is 0 Å². The number of fused-ring (bicyclic) bond motifs is 2. The van der Waals surface area contributed by atoms with Crippen molar-refractivity contribution < 1.29 is 58.0 Å². The highest BCUT2D eigenvalue weighted by atomic mass is 16.5. The first-order valence-electron chi connectivity index (χ1n) is 26.3. The minimum atomic E-state index is -1.05. The molecule has 404 valence electrons. The van der Waals surface area contributed by atoms with Crippen molar-refractivity contribution in [3.8, 4) is 0 Å². The summed E-state index contributed by atoms with van der Waals surface area (Å²) in [4.78, 5) is 112. The molecule has 3 fully saturated rings. The van der Waals surface area contributed by atoms with Gasteiger partial charge in [0, 0.05) is 77.9 Å². The lowest BCUT2D eigenvalue weighted by atomic mass is 9.83. The number of likely N-dealkylation sites (N-methyl/N-ethyl adjacent to an activating group) is 1. The average molecular weight is 1020 g/mol. The fourth-order valence-electron chi connectivity index (χ4n) is 11.6. The summed E-state index contributed by atoms with van der Waals surface area (Å²) in [5.41, 5.74) is 1.32. The number of hydrogen-bond donors (Lipinski definition) is 3. The van der Waals surface area contributed by atoms with Crippen molar-refractivity contribution in [2.24, 2.45) is 41.4 Å². The number of nitrogens with zero attached hydrogens (tertiary/aromatic N) is 6. The van der Waals surface area contributed by atoms with Gasteiger partial charge in [-0.05, 0) is 68.3 Å². The minimum absolute atomic E-state index is 0.0138. The van der Waals surface area contributed by atoms with Crippen LogP contribution in [0.5, 0.6) is 0 Å². The van der Waals surface area contributed by atoms with Crippen LogP contribution in [0.3, 0.4) is 0 Å². The van der Waals surface area contributed by atoms with Gasteiger partial charge in [0.25, 0.3) is 0 Å². The predicted molar refractivity (Wildman–Crippen MR) is 269 cm³/mol. The normalized spacial score (nSPS) is 21.7. The number of rotatable bonds is 30. The third kappa shape index (κ3) is 15.0. The lowest BCUT2D eigenvalue weighted by molar-refractivity contribution is -0.150. The Hall–Kier alpha value is -5.56. The number of benzene rings is 1. The number of ketones is 2. The number of carboxylic acids is 2. The van der Waals surface area contributed by atoms with Crippen LogP contribution in [0.4, 0.5) is 0 Å². The van der Waals surface area contributed by atoms with Gasteiger partial charge in [0.15, 0.2) is 5.78 Å². The number of carboxylic acid groups (broad SMARTS) is 2. The van der Waals surface area contributed by atoms with Crippen molar-refractivity contribution in [1.82, 2.24) is 35.0 Å². The van der Waals surface area contributed by atoms with Gasteiger partial charge in [-0.15, -0.1) is 5.10 Å². The molecule has 0 radical (unpaired) electrons. The average Bonchev–Trinajstić information content (AvgIpc) is 4.21. The second-order valence-electron chi connectivity index (χ2n) is 21.3. The number of nitrogens with one attached hydrogen (secondary N) is 1. The van der Waals surface area contributed by atoms with Crippen LogP contribution < -0.4 is 5.32 Å². The summed E-state index contributed by atoms with van der Waals surface area (Å²) >= 11 is 0. The van der Waals surface area contributed by atoms with Gasteiger partial charge in [0.05, 0.1) is 61.3 Å². The highest BCUT2D eigenvalue weighted by Crippen LogP contribution is 2.44. The number of aryl methyl sites for hydroxylation is 1. The van der Waals surface area contributed by atoms with Gasteiger partial charge < -0.3 is 39.7 Å². The van der Waals surface area contributed by atoms with Crippen LogP contribution >= 0.6 is 0 Å². The van der Waals surface area contributed by atoms with Crippen molar-refractivity contribution in [2.75, 3.05) is 27.8 Å². The SMILES string of the molecule is CC[C@H](C)[C@@H]([C@@H](CC(=O)N1CCC[C@H]1[C@H](OC)[C@@H](C)C(=O)C[C@@H](Cc1ccccc1)C(=O)O)OC)N(C)C(=O)[C@@H](CC(=O)[C@@H]1[C@H]2CC[C@H](C2)N1C(=O)CCCn1cc(CNC(=O)CC(C)C(=O)O)nn1)C(C)C. The van der Waals surface area contributed by atoms with E-state index in [0.29, 0.717) is 44.5 Å². The number of ether oxygens (including phenoxy) is 2. The molecule has 2 saturated heterocycles. The zero-order chi connectivity index (χ0) is 53.7.